The molecule has 0 bridgehead atoms. The summed E-state index contributed by atoms with van der Waals surface area (Å²) in [5.74, 6) is 0.0585. The molecule has 2 aromatic rings. The number of alkyl halides is 1. The fourth-order valence-corrected chi connectivity index (χ4v) is 3.77. The van der Waals surface area contributed by atoms with Gasteiger partial charge in [-0.25, -0.2) is 4.39 Å². The SMILES string of the molecule is NC(=O)C1=C(Nc2ccc3cnn(CCF)c3c2)N=C(N[C@@H]2CCCC[C@@H]2N)NN1. The summed E-state index contributed by atoms with van der Waals surface area (Å²) >= 11 is 0. The predicted octanol–water partition coefficient (Wildman–Crippen LogP) is 0.395. The summed E-state index contributed by atoms with van der Waals surface area (Å²) in [6, 6.07) is 5.65. The number of hydrogen-bond donors (Lipinski definition) is 6. The van der Waals surface area contributed by atoms with Gasteiger partial charge in [0.2, 0.25) is 5.96 Å². The third-order valence-corrected chi connectivity index (χ3v) is 5.36. The normalized spacial score (nSPS) is 21.6. The molecule has 1 saturated carbocycles. The maximum atomic E-state index is 12.8. The number of benzene rings is 1. The van der Waals surface area contributed by atoms with Crippen molar-refractivity contribution in [1.29, 1.82) is 0 Å². The average Bonchev–Trinajstić information content (AvgIpc) is 3.12. The number of rotatable bonds is 6. The molecule has 1 aromatic heterocycles. The van der Waals surface area contributed by atoms with Crippen LogP contribution in [0.25, 0.3) is 10.9 Å². The molecule has 10 nitrogen and oxygen atoms in total. The van der Waals surface area contributed by atoms with Crippen molar-refractivity contribution in [3.63, 3.8) is 0 Å². The minimum Gasteiger partial charge on any atom is -0.364 e. The van der Waals surface area contributed by atoms with Crippen LogP contribution < -0.4 is 33.0 Å². The lowest BCUT2D eigenvalue weighted by molar-refractivity contribution is -0.115. The van der Waals surface area contributed by atoms with Gasteiger partial charge in [-0.3, -0.25) is 20.3 Å². The fraction of sp³-hybridized carbons (Fsp3) is 0.421. The van der Waals surface area contributed by atoms with Crippen LogP contribution in [0.5, 0.6) is 0 Å². The number of hydrazine groups is 1. The maximum absolute atomic E-state index is 12.8. The molecule has 0 unspecified atom stereocenters. The summed E-state index contributed by atoms with van der Waals surface area (Å²) in [6.07, 6.45) is 5.82. The number of nitrogens with two attached hydrogens (primary N) is 2. The van der Waals surface area contributed by atoms with Gasteiger partial charge >= 0.3 is 0 Å². The number of aryl methyl sites for hydroxylation is 1. The van der Waals surface area contributed by atoms with Crippen LogP contribution in [0.4, 0.5) is 10.1 Å². The summed E-state index contributed by atoms with van der Waals surface area (Å²) in [7, 11) is 0. The molecule has 1 amide bonds. The Bertz CT molecular complexity index is 999. The predicted molar refractivity (Wildman–Crippen MR) is 113 cm³/mol. The van der Waals surface area contributed by atoms with Crippen LogP contribution in [0, 0.1) is 0 Å². The summed E-state index contributed by atoms with van der Waals surface area (Å²) in [6.45, 7) is -0.342. The van der Waals surface area contributed by atoms with E-state index in [2.05, 4.69) is 31.6 Å². The first-order valence-electron chi connectivity index (χ1n) is 10.0. The Kier molecular flexibility index (Phi) is 5.70. The number of hydrogen-bond acceptors (Lipinski definition) is 8. The molecule has 8 N–H and O–H groups in total. The molecule has 2 atom stereocenters. The molecule has 0 radical (unpaired) electrons. The molecule has 1 aliphatic carbocycles. The van der Waals surface area contributed by atoms with E-state index >= 15 is 0 Å². The summed E-state index contributed by atoms with van der Waals surface area (Å²) < 4.78 is 14.4. The van der Waals surface area contributed by atoms with Crippen molar-refractivity contribution < 1.29 is 9.18 Å². The van der Waals surface area contributed by atoms with Crippen LogP contribution >= 0.6 is 0 Å². The molecular formula is C19H26FN9O. The van der Waals surface area contributed by atoms with Gasteiger partial charge < -0.3 is 22.1 Å². The van der Waals surface area contributed by atoms with E-state index in [0.29, 0.717) is 11.6 Å². The minimum absolute atomic E-state index is 0.0411. The Morgan fingerprint density at radius 1 is 1.30 bits per heavy atom. The number of fused-ring (bicyclic) bond motifs is 1. The smallest absolute Gasteiger partial charge is 0.270 e. The van der Waals surface area contributed by atoms with Crippen molar-refractivity contribution in [3.05, 3.63) is 35.9 Å². The number of carbonyl (C=O) groups is 1. The van der Waals surface area contributed by atoms with E-state index in [1.165, 1.54) is 0 Å². The average molecular weight is 415 g/mol. The van der Waals surface area contributed by atoms with E-state index in [0.717, 1.165) is 36.6 Å². The zero-order chi connectivity index (χ0) is 21.1. The quantitative estimate of drug-likeness (QED) is 0.400. The van der Waals surface area contributed by atoms with Gasteiger partial charge in [-0.05, 0) is 31.0 Å². The van der Waals surface area contributed by atoms with E-state index in [4.69, 9.17) is 11.5 Å². The molecule has 1 aliphatic heterocycles. The van der Waals surface area contributed by atoms with Crippen LogP contribution in [-0.2, 0) is 11.3 Å². The van der Waals surface area contributed by atoms with Crippen LogP contribution in [0.3, 0.4) is 0 Å². The van der Waals surface area contributed by atoms with Gasteiger partial charge in [-0.2, -0.15) is 10.1 Å². The summed E-state index contributed by atoms with van der Waals surface area (Å²) in [5.41, 5.74) is 18.9. The Balaban J connectivity index is 1.59. The third kappa shape index (κ3) is 4.15. The van der Waals surface area contributed by atoms with Gasteiger partial charge in [0.1, 0.15) is 6.67 Å². The lowest BCUT2D eigenvalue weighted by Gasteiger charge is -2.32. The van der Waals surface area contributed by atoms with E-state index < -0.39 is 12.6 Å². The van der Waals surface area contributed by atoms with Crippen molar-refractivity contribution >= 4 is 28.5 Å². The molecule has 2 aliphatic rings. The second-order valence-corrected chi connectivity index (χ2v) is 7.45. The first kappa shape index (κ1) is 20.0. The van der Waals surface area contributed by atoms with E-state index in [1.807, 2.05) is 18.2 Å². The lowest BCUT2D eigenvalue weighted by atomic mass is 9.91. The molecule has 0 spiro atoms. The highest BCUT2D eigenvalue weighted by Gasteiger charge is 2.25. The zero-order valence-electron chi connectivity index (χ0n) is 16.5. The number of aliphatic imine (C=N–C) groups is 1. The second-order valence-electron chi connectivity index (χ2n) is 7.45. The van der Waals surface area contributed by atoms with Gasteiger partial charge in [-0.1, -0.05) is 12.8 Å². The minimum atomic E-state index is -0.661. The van der Waals surface area contributed by atoms with Crippen molar-refractivity contribution in [1.82, 2.24) is 25.9 Å². The number of aromatic nitrogens is 2. The zero-order valence-corrected chi connectivity index (χ0v) is 16.5. The summed E-state index contributed by atoms with van der Waals surface area (Å²) in [4.78, 5) is 16.4. The van der Waals surface area contributed by atoms with Gasteiger partial charge in [0, 0.05) is 23.2 Å². The Hall–Kier alpha value is -3.34. The van der Waals surface area contributed by atoms with E-state index in [-0.39, 0.29) is 30.1 Å². The number of primary amides is 1. The topological polar surface area (TPSA) is 147 Å². The molecule has 4 rings (SSSR count). The summed E-state index contributed by atoms with van der Waals surface area (Å²) in [5, 5.41) is 11.5. The number of anilines is 1. The maximum Gasteiger partial charge on any atom is 0.270 e. The largest absolute Gasteiger partial charge is 0.364 e. The van der Waals surface area contributed by atoms with Crippen molar-refractivity contribution in [2.45, 2.75) is 44.3 Å². The van der Waals surface area contributed by atoms with E-state index in [1.54, 1.807) is 10.9 Å². The van der Waals surface area contributed by atoms with Gasteiger partial charge in [0.15, 0.2) is 11.5 Å². The molecule has 11 heteroatoms. The number of nitrogens with one attached hydrogen (secondary N) is 4. The van der Waals surface area contributed by atoms with Gasteiger partial charge in [-0.15, -0.1) is 0 Å². The molecular weight excluding hydrogens is 389 g/mol. The third-order valence-electron chi connectivity index (χ3n) is 5.36. The van der Waals surface area contributed by atoms with Crippen LogP contribution in [-0.4, -0.2) is 40.4 Å². The first-order valence-corrected chi connectivity index (χ1v) is 10.0. The number of nitrogens with zero attached hydrogens (tertiary/aromatic N) is 3. The highest BCUT2D eigenvalue weighted by molar-refractivity contribution is 5.95. The highest BCUT2D eigenvalue weighted by atomic mass is 19.1. The van der Waals surface area contributed by atoms with E-state index in [9.17, 15) is 9.18 Å². The first-order chi connectivity index (χ1) is 14.5. The van der Waals surface area contributed by atoms with Crippen LogP contribution in [0.2, 0.25) is 0 Å². The fourth-order valence-electron chi connectivity index (χ4n) is 3.77. The van der Waals surface area contributed by atoms with Crippen LogP contribution in [0.15, 0.2) is 40.9 Å². The highest BCUT2D eigenvalue weighted by Crippen LogP contribution is 2.22. The van der Waals surface area contributed by atoms with Crippen molar-refractivity contribution in [2.24, 2.45) is 16.5 Å². The Morgan fingerprint density at radius 3 is 2.90 bits per heavy atom. The number of amides is 1. The molecule has 2 heterocycles. The molecule has 160 valence electrons. The van der Waals surface area contributed by atoms with Crippen LogP contribution in [0.1, 0.15) is 25.7 Å². The van der Waals surface area contributed by atoms with Gasteiger partial charge in [0.05, 0.1) is 18.3 Å². The Labute approximate surface area is 172 Å². The van der Waals surface area contributed by atoms with Crippen molar-refractivity contribution in [3.8, 4) is 0 Å². The standard InChI is InChI=1S/C19H26FN9O/c20-7-8-29-15-9-12(6-5-11(15)10-23-29)24-18-16(17(22)30)27-28-19(26-18)25-14-4-2-1-3-13(14)21/h5-6,9-10,13-14,24,27H,1-4,7-8,21H2,(H2,22,30)(H2,25,26,28)/t13-,14+/m0/s1. The monoisotopic (exact) mass is 415 g/mol. The number of halogens is 1. The molecule has 0 saturated heterocycles. The number of guanidine groups is 1. The number of carbonyl (C=O) groups excluding carboxylic acids is 1. The molecule has 1 aromatic carbocycles. The van der Waals surface area contributed by atoms with Gasteiger partial charge in [0.25, 0.3) is 5.91 Å². The second kappa shape index (κ2) is 8.57. The lowest BCUT2D eigenvalue weighted by Crippen LogP contribution is -2.57. The Morgan fingerprint density at radius 2 is 2.13 bits per heavy atom. The molecule has 1 fully saturated rings. The molecule has 30 heavy (non-hydrogen) atoms. The van der Waals surface area contributed by atoms with Crippen molar-refractivity contribution in [2.75, 3.05) is 12.0 Å².